The first-order chi connectivity index (χ1) is 11.6. The molecule has 1 amide bonds. The molecule has 0 unspecified atom stereocenters. The van der Waals surface area contributed by atoms with Gasteiger partial charge in [-0.2, -0.15) is 0 Å². The first-order valence-corrected chi connectivity index (χ1v) is 8.50. The third kappa shape index (κ3) is 3.60. The number of carbonyl (C=O) groups is 1. The van der Waals surface area contributed by atoms with Crippen LogP contribution in [0.1, 0.15) is 18.4 Å². The molecule has 0 saturated carbocycles. The number of halogens is 1. The fourth-order valence-electron chi connectivity index (χ4n) is 2.57. The molecule has 3 rings (SSSR count). The Labute approximate surface area is 149 Å². The van der Waals surface area contributed by atoms with Crippen LogP contribution in [0.15, 0.2) is 65.1 Å². The van der Waals surface area contributed by atoms with E-state index in [0.717, 1.165) is 32.2 Å². The van der Waals surface area contributed by atoms with Crippen LogP contribution >= 0.6 is 15.9 Å². The Hall–Kier alpha value is -2.33. The topological polar surface area (TPSA) is 38.3 Å². The predicted molar refractivity (Wildman–Crippen MR) is 102 cm³/mol. The van der Waals surface area contributed by atoms with E-state index in [4.69, 9.17) is 4.74 Å². The molecule has 0 fully saturated rings. The molecule has 0 aliphatic rings. The van der Waals surface area contributed by atoms with Crippen LogP contribution in [0.25, 0.3) is 10.8 Å². The van der Waals surface area contributed by atoms with Gasteiger partial charge in [0.25, 0.3) is 0 Å². The SMILES string of the molecule is COc1ccc2cc([C@H](C)C(=O)Nc3ccc(Br)cc3)ccc2c1. The molecule has 0 aromatic heterocycles. The van der Waals surface area contributed by atoms with Crippen LogP contribution in [0, 0.1) is 0 Å². The lowest BCUT2D eigenvalue weighted by molar-refractivity contribution is -0.117. The molecule has 24 heavy (non-hydrogen) atoms. The average Bonchev–Trinajstić information content (AvgIpc) is 2.62. The van der Waals surface area contributed by atoms with E-state index >= 15 is 0 Å². The van der Waals surface area contributed by atoms with Crippen LogP contribution in [0.2, 0.25) is 0 Å². The van der Waals surface area contributed by atoms with Gasteiger partial charge in [0.2, 0.25) is 5.91 Å². The zero-order chi connectivity index (χ0) is 17.1. The molecule has 0 bridgehead atoms. The number of hydrogen-bond acceptors (Lipinski definition) is 2. The number of ether oxygens (including phenoxy) is 1. The Morgan fingerprint density at radius 3 is 2.38 bits per heavy atom. The number of nitrogens with one attached hydrogen (secondary N) is 1. The number of fused-ring (bicyclic) bond motifs is 1. The molecule has 3 nitrogen and oxygen atoms in total. The molecule has 3 aromatic rings. The van der Waals surface area contributed by atoms with E-state index < -0.39 is 0 Å². The van der Waals surface area contributed by atoms with Crippen LogP contribution in [-0.4, -0.2) is 13.0 Å². The van der Waals surface area contributed by atoms with Crippen molar-refractivity contribution in [2.45, 2.75) is 12.8 Å². The van der Waals surface area contributed by atoms with Crippen molar-refractivity contribution in [3.05, 3.63) is 70.7 Å². The standard InChI is InChI=1S/C20H18BrNO2/c1-13(20(23)22-18-8-6-17(21)7-9-18)14-3-4-16-12-19(24-2)10-5-15(16)11-14/h3-13H,1-2H3,(H,22,23)/t13-/m0/s1. The summed E-state index contributed by atoms with van der Waals surface area (Å²) in [6.45, 7) is 1.92. The molecule has 122 valence electrons. The fraction of sp³-hybridized carbons (Fsp3) is 0.150. The third-order valence-corrected chi connectivity index (χ3v) is 4.61. The van der Waals surface area contributed by atoms with Crippen molar-refractivity contribution in [1.29, 1.82) is 0 Å². The van der Waals surface area contributed by atoms with E-state index in [9.17, 15) is 4.79 Å². The summed E-state index contributed by atoms with van der Waals surface area (Å²) in [6.07, 6.45) is 0. The van der Waals surface area contributed by atoms with Crippen LogP contribution < -0.4 is 10.1 Å². The van der Waals surface area contributed by atoms with E-state index in [-0.39, 0.29) is 11.8 Å². The molecule has 4 heteroatoms. The molecule has 0 aliphatic carbocycles. The maximum absolute atomic E-state index is 12.5. The predicted octanol–water partition coefficient (Wildman–Crippen LogP) is 5.35. The molecule has 1 atom stereocenters. The highest BCUT2D eigenvalue weighted by molar-refractivity contribution is 9.10. The summed E-state index contributed by atoms with van der Waals surface area (Å²) in [5.74, 6) is 0.571. The van der Waals surface area contributed by atoms with E-state index in [2.05, 4.69) is 27.3 Å². The molecule has 0 heterocycles. The summed E-state index contributed by atoms with van der Waals surface area (Å²) >= 11 is 3.39. The van der Waals surface area contributed by atoms with Gasteiger partial charge in [0.05, 0.1) is 13.0 Å². The average molecular weight is 384 g/mol. The quantitative estimate of drug-likeness (QED) is 0.658. The van der Waals surface area contributed by atoms with E-state index in [1.54, 1.807) is 7.11 Å². The van der Waals surface area contributed by atoms with Gasteiger partial charge in [0.1, 0.15) is 5.75 Å². The summed E-state index contributed by atoms with van der Waals surface area (Å²) in [5, 5.41) is 5.14. The number of amides is 1. The number of benzene rings is 3. The van der Waals surface area contributed by atoms with Crippen molar-refractivity contribution in [3.63, 3.8) is 0 Å². The van der Waals surface area contributed by atoms with Gasteiger partial charge in [0, 0.05) is 10.2 Å². The van der Waals surface area contributed by atoms with E-state index in [1.807, 2.05) is 61.5 Å². The van der Waals surface area contributed by atoms with Gasteiger partial charge < -0.3 is 10.1 Å². The molecular formula is C20H18BrNO2. The first-order valence-electron chi connectivity index (χ1n) is 7.71. The number of carbonyl (C=O) groups excluding carboxylic acids is 1. The zero-order valence-corrected chi connectivity index (χ0v) is 15.1. The lowest BCUT2D eigenvalue weighted by Crippen LogP contribution is -2.18. The minimum Gasteiger partial charge on any atom is -0.497 e. The Kier molecular flexibility index (Phi) is 4.86. The minimum absolute atomic E-state index is 0.0230. The second kappa shape index (κ2) is 7.05. The van der Waals surface area contributed by atoms with Gasteiger partial charge in [0.15, 0.2) is 0 Å². The monoisotopic (exact) mass is 383 g/mol. The summed E-state index contributed by atoms with van der Waals surface area (Å²) in [4.78, 5) is 12.5. The zero-order valence-electron chi connectivity index (χ0n) is 13.5. The molecule has 0 aliphatic heterocycles. The van der Waals surface area contributed by atoms with Crippen LogP contribution in [0.4, 0.5) is 5.69 Å². The number of anilines is 1. The highest BCUT2D eigenvalue weighted by Gasteiger charge is 2.16. The second-order valence-electron chi connectivity index (χ2n) is 5.69. The molecular weight excluding hydrogens is 366 g/mol. The van der Waals surface area contributed by atoms with E-state index in [0.29, 0.717) is 0 Å². The van der Waals surface area contributed by atoms with Crippen molar-refractivity contribution in [2.24, 2.45) is 0 Å². The van der Waals surface area contributed by atoms with Gasteiger partial charge in [-0.15, -0.1) is 0 Å². The lowest BCUT2D eigenvalue weighted by Gasteiger charge is -2.14. The maximum Gasteiger partial charge on any atom is 0.231 e. The minimum atomic E-state index is -0.236. The molecule has 0 saturated heterocycles. The Balaban J connectivity index is 1.80. The summed E-state index contributed by atoms with van der Waals surface area (Å²) in [6, 6.07) is 19.6. The van der Waals surface area contributed by atoms with Crippen LogP contribution in [-0.2, 0) is 4.79 Å². The smallest absolute Gasteiger partial charge is 0.231 e. The lowest BCUT2D eigenvalue weighted by atomic mass is 9.97. The van der Waals surface area contributed by atoms with Gasteiger partial charge in [-0.1, -0.05) is 40.2 Å². The number of rotatable bonds is 4. The van der Waals surface area contributed by atoms with Crippen LogP contribution in [0.5, 0.6) is 5.75 Å². The van der Waals surface area contributed by atoms with Gasteiger partial charge in [-0.25, -0.2) is 0 Å². The normalized spacial score (nSPS) is 12.0. The highest BCUT2D eigenvalue weighted by Crippen LogP contribution is 2.26. The van der Waals surface area contributed by atoms with Crippen LogP contribution in [0.3, 0.4) is 0 Å². The first kappa shape index (κ1) is 16.5. The Bertz CT molecular complexity index is 874. The van der Waals surface area contributed by atoms with Crippen molar-refractivity contribution in [2.75, 3.05) is 12.4 Å². The largest absolute Gasteiger partial charge is 0.497 e. The van der Waals surface area contributed by atoms with Crippen molar-refractivity contribution in [3.8, 4) is 5.75 Å². The Morgan fingerprint density at radius 1 is 1.00 bits per heavy atom. The molecule has 3 aromatic carbocycles. The van der Waals surface area contributed by atoms with Crippen molar-refractivity contribution in [1.82, 2.24) is 0 Å². The van der Waals surface area contributed by atoms with Crippen molar-refractivity contribution < 1.29 is 9.53 Å². The number of hydrogen-bond donors (Lipinski definition) is 1. The maximum atomic E-state index is 12.5. The third-order valence-electron chi connectivity index (χ3n) is 4.08. The van der Waals surface area contributed by atoms with Gasteiger partial charge >= 0.3 is 0 Å². The highest BCUT2D eigenvalue weighted by atomic mass is 79.9. The Morgan fingerprint density at radius 2 is 1.67 bits per heavy atom. The molecule has 0 spiro atoms. The van der Waals surface area contributed by atoms with Gasteiger partial charge in [-0.05, 0) is 59.7 Å². The summed E-state index contributed by atoms with van der Waals surface area (Å²) in [5.41, 5.74) is 1.78. The summed E-state index contributed by atoms with van der Waals surface area (Å²) in [7, 11) is 1.66. The number of methoxy groups -OCH3 is 1. The summed E-state index contributed by atoms with van der Waals surface area (Å²) < 4.78 is 6.23. The molecule has 0 radical (unpaired) electrons. The fourth-order valence-corrected chi connectivity index (χ4v) is 2.84. The van der Waals surface area contributed by atoms with Gasteiger partial charge in [-0.3, -0.25) is 4.79 Å². The van der Waals surface area contributed by atoms with E-state index in [1.165, 1.54) is 0 Å². The second-order valence-corrected chi connectivity index (χ2v) is 6.61. The van der Waals surface area contributed by atoms with Crippen molar-refractivity contribution >= 4 is 38.3 Å². The molecule has 1 N–H and O–H groups in total.